The van der Waals surface area contributed by atoms with Crippen molar-refractivity contribution in [2.75, 3.05) is 10.0 Å². The maximum absolute atomic E-state index is 13.3. The second kappa shape index (κ2) is 8.09. The number of aryl methyl sites for hydroxylation is 2. The molecule has 0 saturated heterocycles. The van der Waals surface area contributed by atoms with Crippen LogP contribution in [0.25, 0.3) is 0 Å². The molecule has 5 rings (SSSR count). The predicted octanol–water partition coefficient (Wildman–Crippen LogP) is 6.69. The zero-order chi connectivity index (χ0) is 22.5. The first kappa shape index (κ1) is 21.3. The van der Waals surface area contributed by atoms with Crippen LogP contribution in [0.1, 0.15) is 40.6 Å². The van der Waals surface area contributed by atoms with Gasteiger partial charge in [0.15, 0.2) is 0 Å². The third-order valence-electron chi connectivity index (χ3n) is 6.60. The minimum absolute atomic E-state index is 0.160. The summed E-state index contributed by atoms with van der Waals surface area (Å²) in [6, 6.07) is 19.6. The summed E-state index contributed by atoms with van der Waals surface area (Å²) < 4.78 is 30.4. The number of benzene rings is 3. The number of hydrogen-bond donors (Lipinski definition) is 2. The van der Waals surface area contributed by atoms with Crippen molar-refractivity contribution in [3.8, 4) is 0 Å². The number of allylic oxidation sites excluding steroid dienone is 2. The summed E-state index contributed by atoms with van der Waals surface area (Å²) in [5.74, 6) is 0.518. The van der Waals surface area contributed by atoms with E-state index in [2.05, 4.69) is 56.3 Å². The SMILES string of the molecule is Cc1cccc(C)c1NS(=O)(=O)c1ccc2c(c1)[C@H]1C=CC[C@H]1[C@@H](c1ccccc1Br)N2. The maximum atomic E-state index is 13.3. The zero-order valence-electron chi connectivity index (χ0n) is 18.0. The fourth-order valence-corrected chi connectivity index (χ4v) is 6.71. The van der Waals surface area contributed by atoms with Crippen LogP contribution in [-0.4, -0.2) is 8.42 Å². The van der Waals surface area contributed by atoms with Gasteiger partial charge >= 0.3 is 0 Å². The van der Waals surface area contributed by atoms with Gasteiger partial charge in [0.1, 0.15) is 0 Å². The average Bonchev–Trinajstić information content (AvgIpc) is 3.26. The van der Waals surface area contributed by atoms with Gasteiger partial charge in [-0.1, -0.05) is 64.5 Å². The van der Waals surface area contributed by atoms with Crippen LogP contribution in [0.15, 0.2) is 82.2 Å². The van der Waals surface area contributed by atoms with Crippen molar-refractivity contribution in [2.45, 2.75) is 37.1 Å². The summed E-state index contributed by atoms with van der Waals surface area (Å²) in [4.78, 5) is 0.291. The van der Waals surface area contributed by atoms with Gasteiger partial charge in [-0.05, 0) is 72.7 Å². The molecule has 164 valence electrons. The third kappa shape index (κ3) is 3.65. The summed E-state index contributed by atoms with van der Waals surface area (Å²) in [6.07, 6.45) is 5.40. The van der Waals surface area contributed by atoms with Gasteiger partial charge in [-0.3, -0.25) is 4.72 Å². The average molecular weight is 509 g/mol. The number of fused-ring (bicyclic) bond motifs is 3. The Morgan fingerprint density at radius 3 is 2.47 bits per heavy atom. The van der Waals surface area contributed by atoms with Crippen LogP contribution < -0.4 is 10.0 Å². The van der Waals surface area contributed by atoms with Crippen molar-refractivity contribution in [3.05, 3.63) is 99.5 Å². The fraction of sp³-hybridized carbons (Fsp3) is 0.231. The van der Waals surface area contributed by atoms with Gasteiger partial charge in [-0.2, -0.15) is 0 Å². The number of para-hydroxylation sites is 1. The molecule has 0 unspecified atom stereocenters. The molecular weight excluding hydrogens is 484 g/mol. The Labute approximate surface area is 197 Å². The standard InChI is InChI=1S/C26H25BrN2O2S/c1-16-7-5-8-17(2)25(16)29-32(30,31)18-13-14-24-22(15-18)19-10-6-11-20(19)26(28-24)21-9-3-4-12-23(21)27/h3-10,12-15,19-20,26,28-29H,11H2,1-2H3/t19-,20+,26-/m0/s1. The van der Waals surface area contributed by atoms with Crippen LogP contribution in [0.3, 0.4) is 0 Å². The molecule has 0 amide bonds. The molecule has 3 aromatic rings. The monoisotopic (exact) mass is 508 g/mol. The number of nitrogens with one attached hydrogen (secondary N) is 2. The van der Waals surface area contributed by atoms with E-state index in [-0.39, 0.29) is 12.0 Å². The topological polar surface area (TPSA) is 58.2 Å². The number of halogens is 1. The summed E-state index contributed by atoms with van der Waals surface area (Å²) in [6.45, 7) is 3.83. The molecule has 2 aliphatic rings. The molecule has 1 heterocycles. The Hall–Kier alpha value is -2.57. The molecule has 2 N–H and O–H groups in total. The van der Waals surface area contributed by atoms with E-state index in [4.69, 9.17) is 0 Å². The van der Waals surface area contributed by atoms with Crippen LogP contribution >= 0.6 is 15.9 Å². The van der Waals surface area contributed by atoms with E-state index < -0.39 is 10.0 Å². The van der Waals surface area contributed by atoms with Crippen LogP contribution in [-0.2, 0) is 10.0 Å². The third-order valence-corrected chi connectivity index (χ3v) is 8.67. The molecular formula is C26H25BrN2O2S. The Morgan fingerprint density at radius 1 is 0.969 bits per heavy atom. The molecule has 1 aliphatic carbocycles. The highest BCUT2D eigenvalue weighted by atomic mass is 79.9. The number of anilines is 2. The minimum Gasteiger partial charge on any atom is -0.378 e. The first-order valence-electron chi connectivity index (χ1n) is 10.8. The molecule has 0 bridgehead atoms. The molecule has 0 fully saturated rings. The predicted molar refractivity (Wildman–Crippen MR) is 134 cm³/mol. The van der Waals surface area contributed by atoms with Gasteiger partial charge in [0.2, 0.25) is 0 Å². The second-order valence-electron chi connectivity index (χ2n) is 8.62. The summed E-state index contributed by atoms with van der Waals surface area (Å²) in [5.41, 5.74) is 5.72. The molecule has 3 atom stereocenters. The van der Waals surface area contributed by atoms with Crippen molar-refractivity contribution < 1.29 is 8.42 Å². The number of sulfonamides is 1. The largest absolute Gasteiger partial charge is 0.378 e. The van der Waals surface area contributed by atoms with Crippen molar-refractivity contribution in [1.82, 2.24) is 0 Å². The lowest BCUT2D eigenvalue weighted by atomic mass is 9.77. The number of hydrogen-bond acceptors (Lipinski definition) is 3. The quantitative estimate of drug-likeness (QED) is 0.385. The first-order chi connectivity index (χ1) is 15.3. The van der Waals surface area contributed by atoms with Crippen LogP contribution in [0.5, 0.6) is 0 Å². The Morgan fingerprint density at radius 2 is 1.72 bits per heavy atom. The molecule has 6 heteroatoms. The molecule has 32 heavy (non-hydrogen) atoms. The lowest BCUT2D eigenvalue weighted by Crippen LogP contribution is -2.29. The molecule has 0 saturated carbocycles. The highest BCUT2D eigenvalue weighted by Gasteiger charge is 2.39. The van der Waals surface area contributed by atoms with Gasteiger partial charge in [-0.25, -0.2) is 8.42 Å². The van der Waals surface area contributed by atoms with E-state index >= 15 is 0 Å². The Kier molecular flexibility index (Phi) is 5.38. The lowest BCUT2D eigenvalue weighted by Gasteiger charge is -2.38. The van der Waals surface area contributed by atoms with E-state index in [1.165, 1.54) is 5.56 Å². The van der Waals surface area contributed by atoms with Gasteiger partial charge < -0.3 is 5.32 Å². The van der Waals surface area contributed by atoms with E-state index in [0.717, 1.165) is 33.3 Å². The van der Waals surface area contributed by atoms with Gasteiger partial charge in [0.25, 0.3) is 10.0 Å². The lowest BCUT2D eigenvalue weighted by molar-refractivity contribution is 0.424. The summed E-state index contributed by atoms with van der Waals surface area (Å²) in [5, 5.41) is 3.69. The summed E-state index contributed by atoms with van der Waals surface area (Å²) in [7, 11) is -3.70. The molecule has 3 aromatic carbocycles. The van der Waals surface area contributed by atoms with Crippen LogP contribution in [0.4, 0.5) is 11.4 Å². The Balaban J connectivity index is 1.52. The van der Waals surface area contributed by atoms with Crippen molar-refractivity contribution >= 4 is 37.3 Å². The zero-order valence-corrected chi connectivity index (χ0v) is 20.4. The van der Waals surface area contributed by atoms with Crippen LogP contribution in [0, 0.1) is 19.8 Å². The highest BCUT2D eigenvalue weighted by Crippen LogP contribution is 2.51. The smallest absolute Gasteiger partial charge is 0.261 e. The maximum Gasteiger partial charge on any atom is 0.261 e. The van der Waals surface area contributed by atoms with Gasteiger partial charge in [0, 0.05) is 16.1 Å². The molecule has 4 nitrogen and oxygen atoms in total. The molecule has 0 aromatic heterocycles. The van der Waals surface area contributed by atoms with E-state index in [0.29, 0.717) is 16.5 Å². The normalized spacial score (nSPS) is 21.5. The summed E-state index contributed by atoms with van der Waals surface area (Å²) >= 11 is 3.70. The van der Waals surface area contributed by atoms with E-state index in [1.807, 2.05) is 50.2 Å². The van der Waals surface area contributed by atoms with Crippen LogP contribution in [0.2, 0.25) is 0 Å². The van der Waals surface area contributed by atoms with Crippen molar-refractivity contribution in [1.29, 1.82) is 0 Å². The molecule has 1 aliphatic heterocycles. The minimum atomic E-state index is -3.70. The molecule has 0 radical (unpaired) electrons. The van der Waals surface area contributed by atoms with E-state index in [9.17, 15) is 8.42 Å². The van der Waals surface area contributed by atoms with Crippen molar-refractivity contribution in [3.63, 3.8) is 0 Å². The molecule has 0 spiro atoms. The van der Waals surface area contributed by atoms with Gasteiger partial charge in [-0.15, -0.1) is 0 Å². The highest BCUT2D eigenvalue weighted by molar-refractivity contribution is 9.10. The van der Waals surface area contributed by atoms with E-state index in [1.54, 1.807) is 6.07 Å². The first-order valence-corrected chi connectivity index (χ1v) is 13.0. The fourth-order valence-electron chi connectivity index (χ4n) is 4.94. The van der Waals surface area contributed by atoms with Crippen molar-refractivity contribution in [2.24, 2.45) is 5.92 Å². The number of rotatable bonds is 4. The van der Waals surface area contributed by atoms with Gasteiger partial charge in [0.05, 0.1) is 16.6 Å². The Bertz CT molecular complexity index is 1310. The second-order valence-corrected chi connectivity index (χ2v) is 11.2.